The van der Waals surface area contributed by atoms with Crippen molar-refractivity contribution in [3.8, 4) is 22.8 Å². The molecule has 2 aromatic heterocycles. The van der Waals surface area contributed by atoms with Crippen LogP contribution in [0.15, 0.2) is 60.9 Å². The maximum atomic E-state index is 6.23. The van der Waals surface area contributed by atoms with E-state index in [0.29, 0.717) is 5.82 Å². The molecule has 5 rings (SSSR count). The van der Waals surface area contributed by atoms with Gasteiger partial charge in [-0.05, 0) is 49.2 Å². The Morgan fingerprint density at radius 3 is 2.50 bits per heavy atom. The Morgan fingerprint density at radius 2 is 1.73 bits per heavy atom. The highest BCUT2D eigenvalue weighted by atomic mass is 16.5. The van der Waals surface area contributed by atoms with Crippen LogP contribution in [0.5, 0.6) is 11.5 Å². The maximum absolute atomic E-state index is 6.23. The number of ether oxygens (including phenoxy) is 1. The molecule has 4 N–H and O–H groups in total. The van der Waals surface area contributed by atoms with E-state index in [2.05, 4.69) is 9.97 Å². The number of hydrogen-bond acceptors (Lipinski definition) is 7. The summed E-state index contributed by atoms with van der Waals surface area (Å²) in [6, 6.07) is 17.6. The number of fused-ring (bicyclic) bond motifs is 1. The average Bonchev–Trinajstić information content (AvgIpc) is 3.16. The zero-order chi connectivity index (χ0) is 20.5. The second-order valence-electron chi connectivity index (χ2n) is 7.48. The predicted molar refractivity (Wildman–Crippen MR) is 116 cm³/mol. The number of nitrogens with zero attached hydrogens (tertiary/aromatic N) is 5. The molecule has 1 unspecified atom stereocenters. The minimum absolute atomic E-state index is 0.148. The van der Waals surface area contributed by atoms with Crippen LogP contribution in [0.1, 0.15) is 18.9 Å². The molecule has 1 saturated heterocycles. The van der Waals surface area contributed by atoms with Crippen molar-refractivity contribution >= 4 is 16.9 Å². The molecule has 8 heteroatoms. The van der Waals surface area contributed by atoms with E-state index < -0.39 is 0 Å². The Balaban J connectivity index is 1.52. The molecule has 1 aliphatic heterocycles. The summed E-state index contributed by atoms with van der Waals surface area (Å²) >= 11 is 0. The van der Waals surface area contributed by atoms with Gasteiger partial charge in [0.2, 0.25) is 0 Å². The topological polar surface area (TPSA) is 108 Å². The normalized spacial score (nSPS) is 17.3. The molecule has 8 nitrogen and oxygen atoms in total. The van der Waals surface area contributed by atoms with Crippen LogP contribution in [0.25, 0.3) is 22.3 Å². The number of hydrazine groups is 1. The van der Waals surface area contributed by atoms with Crippen molar-refractivity contribution in [1.82, 2.24) is 24.8 Å². The van der Waals surface area contributed by atoms with Gasteiger partial charge in [-0.2, -0.15) is 5.10 Å². The van der Waals surface area contributed by atoms with Crippen molar-refractivity contribution in [3.05, 3.63) is 60.9 Å². The molecule has 0 spiro atoms. The summed E-state index contributed by atoms with van der Waals surface area (Å²) in [6.45, 7) is 1.62. The average molecular weight is 401 g/mol. The molecule has 0 radical (unpaired) electrons. The predicted octanol–water partition coefficient (Wildman–Crippen LogP) is 3.38. The van der Waals surface area contributed by atoms with E-state index >= 15 is 0 Å². The molecule has 2 aromatic carbocycles. The van der Waals surface area contributed by atoms with E-state index in [4.69, 9.17) is 21.4 Å². The lowest BCUT2D eigenvalue weighted by molar-refractivity contribution is 0.175. The highest BCUT2D eigenvalue weighted by Crippen LogP contribution is 2.34. The van der Waals surface area contributed by atoms with E-state index in [-0.39, 0.29) is 6.04 Å². The van der Waals surface area contributed by atoms with Crippen LogP contribution in [0.4, 0.5) is 5.82 Å². The zero-order valence-corrected chi connectivity index (χ0v) is 16.5. The van der Waals surface area contributed by atoms with E-state index in [1.807, 2.05) is 64.3 Å². The Labute approximate surface area is 174 Å². The first-order valence-electron chi connectivity index (χ1n) is 10.0. The SMILES string of the molecule is Nc1ncnc2c1c(-c1ccc(Oc3ccccc3)cc1)nn2C1CCCN(N)C1. The van der Waals surface area contributed by atoms with Gasteiger partial charge in [0.1, 0.15) is 29.3 Å². The van der Waals surface area contributed by atoms with Crippen LogP contribution in [-0.2, 0) is 0 Å². The summed E-state index contributed by atoms with van der Waals surface area (Å²) in [5.41, 5.74) is 8.67. The summed E-state index contributed by atoms with van der Waals surface area (Å²) in [6.07, 6.45) is 3.50. The molecule has 1 atom stereocenters. The fourth-order valence-electron chi connectivity index (χ4n) is 3.94. The lowest BCUT2D eigenvalue weighted by atomic mass is 10.1. The van der Waals surface area contributed by atoms with Crippen molar-refractivity contribution in [2.75, 3.05) is 18.8 Å². The lowest BCUT2D eigenvalue weighted by Gasteiger charge is -2.29. The van der Waals surface area contributed by atoms with E-state index in [1.165, 1.54) is 6.33 Å². The Hall–Kier alpha value is -3.49. The number of para-hydroxylation sites is 1. The molecule has 30 heavy (non-hydrogen) atoms. The highest BCUT2D eigenvalue weighted by molar-refractivity contribution is 5.98. The first-order valence-corrected chi connectivity index (χ1v) is 10.0. The molecule has 1 fully saturated rings. The lowest BCUT2D eigenvalue weighted by Crippen LogP contribution is -2.41. The Bertz CT molecular complexity index is 1160. The molecule has 152 valence electrons. The van der Waals surface area contributed by atoms with Gasteiger partial charge in [0.15, 0.2) is 5.65 Å². The van der Waals surface area contributed by atoms with Gasteiger partial charge in [0.25, 0.3) is 0 Å². The third kappa shape index (κ3) is 3.47. The Kier molecular flexibility index (Phi) is 4.78. The van der Waals surface area contributed by atoms with E-state index in [9.17, 15) is 0 Å². The number of rotatable bonds is 4. The molecular formula is C22H23N7O. The van der Waals surface area contributed by atoms with Gasteiger partial charge < -0.3 is 10.5 Å². The summed E-state index contributed by atoms with van der Waals surface area (Å²) in [5.74, 6) is 8.02. The van der Waals surface area contributed by atoms with Crippen molar-refractivity contribution in [1.29, 1.82) is 0 Å². The summed E-state index contributed by atoms with van der Waals surface area (Å²) in [5, 5.41) is 7.51. The maximum Gasteiger partial charge on any atom is 0.164 e. The van der Waals surface area contributed by atoms with Gasteiger partial charge in [0, 0.05) is 18.7 Å². The summed E-state index contributed by atoms with van der Waals surface area (Å²) in [7, 11) is 0. The quantitative estimate of drug-likeness (QED) is 0.505. The van der Waals surface area contributed by atoms with Gasteiger partial charge in [-0.1, -0.05) is 18.2 Å². The standard InChI is InChI=1S/C22H23N7O/c23-21-19-20(15-8-10-18(11-9-15)30-17-6-2-1-3-7-17)27-29(22(19)26-14-25-21)16-5-4-12-28(24)13-16/h1-3,6-11,14,16H,4-5,12-13,24H2,(H2,23,25,26). The molecule has 4 aromatic rings. The van der Waals surface area contributed by atoms with Crippen LogP contribution < -0.4 is 16.3 Å². The van der Waals surface area contributed by atoms with Gasteiger partial charge in [0.05, 0.1) is 11.4 Å². The van der Waals surface area contributed by atoms with Gasteiger partial charge in [-0.15, -0.1) is 0 Å². The minimum Gasteiger partial charge on any atom is -0.457 e. The highest BCUT2D eigenvalue weighted by Gasteiger charge is 2.25. The fourth-order valence-corrected chi connectivity index (χ4v) is 3.94. The monoisotopic (exact) mass is 401 g/mol. The van der Waals surface area contributed by atoms with Crippen LogP contribution in [0, 0.1) is 0 Å². The molecule has 1 aliphatic rings. The number of nitrogens with two attached hydrogens (primary N) is 2. The number of nitrogen functional groups attached to an aromatic ring is 1. The van der Waals surface area contributed by atoms with Crippen molar-refractivity contribution < 1.29 is 4.74 Å². The van der Waals surface area contributed by atoms with Crippen molar-refractivity contribution in [2.24, 2.45) is 5.84 Å². The molecule has 0 saturated carbocycles. The van der Waals surface area contributed by atoms with Gasteiger partial charge in [-0.25, -0.2) is 19.7 Å². The largest absolute Gasteiger partial charge is 0.457 e. The van der Waals surface area contributed by atoms with Gasteiger partial charge >= 0.3 is 0 Å². The third-order valence-electron chi connectivity index (χ3n) is 5.40. The van der Waals surface area contributed by atoms with Crippen molar-refractivity contribution in [2.45, 2.75) is 18.9 Å². The first-order chi connectivity index (χ1) is 14.7. The molecule has 3 heterocycles. The molecule has 0 amide bonds. The Morgan fingerprint density at radius 1 is 0.967 bits per heavy atom. The summed E-state index contributed by atoms with van der Waals surface area (Å²) in [4.78, 5) is 8.68. The van der Waals surface area contributed by atoms with E-state index in [0.717, 1.165) is 59.7 Å². The smallest absolute Gasteiger partial charge is 0.164 e. The van der Waals surface area contributed by atoms with Crippen LogP contribution in [-0.4, -0.2) is 37.8 Å². The minimum atomic E-state index is 0.148. The first kappa shape index (κ1) is 18.5. The van der Waals surface area contributed by atoms with Crippen LogP contribution >= 0.6 is 0 Å². The fraction of sp³-hybridized carbons (Fsp3) is 0.227. The number of aromatic nitrogens is 4. The van der Waals surface area contributed by atoms with Crippen molar-refractivity contribution in [3.63, 3.8) is 0 Å². The third-order valence-corrected chi connectivity index (χ3v) is 5.40. The summed E-state index contributed by atoms with van der Waals surface area (Å²) < 4.78 is 7.85. The van der Waals surface area contributed by atoms with Crippen LogP contribution in [0.3, 0.4) is 0 Å². The number of anilines is 1. The second kappa shape index (κ2) is 7.74. The molecule has 0 aliphatic carbocycles. The van der Waals surface area contributed by atoms with Gasteiger partial charge in [-0.3, -0.25) is 5.84 Å². The number of benzene rings is 2. The zero-order valence-electron chi connectivity index (χ0n) is 16.5. The molecular weight excluding hydrogens is 378 g/mol. The van der Waals surface area contributed by atoms with E-state index in [1.54, 1.807) is 0 Å². The van der Waals surface area contributed by atoms with Crippen LogP contribution in [0.2, 0.25) is 0 Å². The second-order valence-corrected chi connectivity index (χ2v) is 7.48. The number of piperidine rings is 1. The number of hydrogen-bond donors (Lipinski definition) is 2. The molecule has 0 bridgehead atoms.